The van der Waals surface area contributed by atoms with Crippen LogP contribution >= 0.6 is 0 Å². The molecule has 0 aromatic heterocycles. The lowest BCUT2D eigenvalue weighted by molar-refractivity contribution is 0.315. The summed E-state index contributed by atoms with van der Waals surface area (Å²) in [6.45, 7) is 2.19. The van der Waals surface area contributed by atoms with Crippen LogP contribution in [0, 0.1) is 5.92 Å². The van der Waals surface area contributed by atoms with Crippen LogP contribution in [0.1, 0.15) is 51.9 Å². The van der Waals surface area contributed by atoms with E-state index < -0.39 is 0 Å². The molecule has 1 saturated carbocycles. The first-order chi connectivity index (χ1) is 5.33. The van der Waals surface area contributed by atoms with Crippen molar-refractivity contribution in [2.45, 2.75) is 57.9 Å². The van der Waals surface area contributed by atoms with Crippen LogP contribution in [-0.4, -0.2) is 6.04 Å². The Balaban J connectivity index is 2.13. The third-order valence-electron chi connectivity index (χ3n) is 2.89. The van der Waals surface area contributed by atoms with Gasteiger partial charge in [0.15, 0.2) is 0 Å². The molecule has 1 rings (SSSR count). The molecule has 0 heterocycles. The Morgan fingerprint density at radius 3 is 2.45 bits per heavy atom. The summed E-state index contributed by atoms with van der Waals surface area (Å²) in [6.07, 6.45) is 9.65. The van der Waals surface area contributed by atoms with Gasteiger partial charge in [-0.25, -0.2) is 0 Å². The van der Waals surface area contributed by atoms with Crippen LogP contribution in [0.5, 0.6) is 0 Å². The van der Waals surface area contributed by atoms with Gasteiger partial charge in [0.05, 0.1) is 0 Å². The second kappa shape index (κ2) is 4.76. The van der Waals surface area contributed by atoms with Crippen molar-refractivity contribution in [1.82, 2.24) is 0 Å². The van der Waals surface area contributed by atoms with Crippen LogP contribution in [0.2, 0.25) is 0 Å². The Labute approximate surface area is 70.4 Å². The molecular formula is C10H21N. The average Bonchev–Trinajstić information content (AvgIpc) is 2.06. The molecule has 0 radical (unpaired) electrons. The van der Waals surface area contributed by atoms with Crippen molar-refractivity contribution >= 4 is 0 Å². The normalized spacial score (nSPS) is 23.5. The second-order valence-electron chi connectivity index (χ2n) is 3.91. The minimum atomic E-state index is 0.470. The Kier molecular flexibility index (Phi) is 3.92. The van der Waals surface area contributed by atoms with Crippen molar-refractivity contribution in [3.8, 4) is 0 Å². The summed E-state index contributed by atoms with van der Waals surface area (Å²) in [6, 6.07) is 0.470. The average molecular weight is 155 g/mol. The SMILES string of the molecule is CC[C@H](N)CC1CCCCC1. The van der Waals surface area contributed by atoms with Crippen LogP contribution in [0.4, 0.5) is 0 Å². The highest BCUT2D eigenvalue weighted by molar-refractivity contribution is 4.70. The maximum absolute atomic E-state index is 5.90. The molecule has 1 nitrogen and oxygen atoms in total. The highest BCUT2D eigenvalue weighted by atomic mass is 14.6. The summed E-state index contributed by atoms with van der Waals surface area (Å²) >= 11 is 0. The zero-order valence-electron chi connectivity index (χ0n) is 7.68. The van der Waals surface area contributed by atoms with E-state index >= 15 is 0 Å². The molecule has 1 aliphatic rings. The maximum Gasteiger partial charge on any atom is 0.00388 e. The Bertz CT molecular complexity index is 95.0. The van der Waals surface area contributed by atoms with Crippen molar-refractivity contribution in [2.75, 3.05) is 0 Å². The summed E-state index contributed by atoms with van der Waals surface area (Å²) in [5, 5.41) is 0. The standard InChI is InChI=1S/C10H21N/c1-2-10(11)8-9-6-4-3-5-7-9/h9-10H,2-8,11H2,1H3/t10-/m0/s1. The molecule has 11 heavy (non-hydrogen) atoms. The Morgan fingerprint density at radius 2 is 1.91 bits per heavy atom. The first-order valence-electron chi connectivity index (χ1n) is 5.08. The van der Waals surface area contributed by atoms with Gasteiger partial charge in [-0.15, -0.1) is 0 Å². The van der Waals surface area contributed by atoms with E-state index in [9.17, 15) is 0 Å². The highest BCUT2D eigenvalue weighted by Gasteiger charge is 2.15. The molecule has 66 valence electrons. The summed E-state index contributed by atoms with van der Waals surface area (Å²) in [7, 11) is 0. The molecule has 1 heteroatoms. The lowest BCUT2D eigenvalue weighted by atomic mass is 9.84. The van der Waals surface area contributed by atoms with Gasteiger partial charge in [-0.3, -0.25) is 0 Å². The summed E-state index contributed by atoms with van der Waals surface area (Å²) in [5.41, 5.74) is 5.90. The van der Waals surface area contributed by atoms with Crippen LogP contribution in [0.3, 0.4) is 0 Å². The fourth-order valence-corrected chi connectivity index (χ4v) is 2.02. The molecule has 0 bridgehead atoms. The zero-order valence-corrected chi connectivity index (χ0v) is 7.68. The number of rotatable bonds is 3. The second-order valence-corrected chi connectivity index (χ2v) is 3.91. The van der Waals surface area contributed by atoms with Crippen molar-refractivity contribution < 1.29 is 0 Å². The minimum absolute atomic E-state index is 0.470. The third kappa shape index (κ3) is 3.24. The molecule has 0 aliphatic heterocycles. The number of hydrogen-bond acceptors (Lipinski definition) is 1. The predicted octanol–water partition coefficient (Wildman–Crippen LogP) is 2.69. The molecular weight excluding hydrogens is 134 g/mol. The molecule has 1 atom stereocenters. The smallest absolute Gasteiger partial charge is 0.00388 e. The van der Waals surface area contributed by atoms with Crippen molar-refractivity contribution in [3.05, 3.63) is 0 Å². The van der Waals surface area contributed by atoms with E-state index in [4.69, 9.17) is 5.73 Å². The summed E-state index contributed by atoms with van der Waals surface area (Å²) in [4.78, 5) is 0. The fourth-order valence-electron chi connectivity index (χ4n) is 2.02. The van der Waals surface area contributed by atoms with Gasteiger partial charge in [-0.05, 0) is 18.8 Å². The van der Waals surface area contributed by atoms with E-state index in [1.54, 1.807) is 0 Å². The monoisotopic (exact) mass is 155 g/mol. The molecule has 0 aromatic carbocycles. The largest absolute Gasteiger partial charge is 0.328 e. The van der Waals surface area contributed by atoms with Gasteiger partial charge in [-0.1, -0.05) is 39.0 Å². The van der Waals surface area contributed by atoms with Crippen molar-refractivity contribution in [2.24, 2.45) is 11.7 Å². The highest BCUT2D eigenvalue weighted by Crippen LogP contribution is 2.27. The van der Waals surface area contributed by atoms with Crippen LogP contribution in [0.15, 0.2) is 0 Å². The van der Waals surface area contributed by atoms with E-state index in [-0.39, 0.29) is 0 Å². The molecule has 0 aromatic rings. The minimum Gasteiger partial charge on any atom is -0.328 e. The fraction of sp³-hybridized carbons (Fsp3) is 1.00. The van der Waals surface area contributed by atoms with Gasteiger partial charge in [-0.2, -0.15) is 0 Å². The van der Waals surface area contributed by atoms with Gasteiger partial charge in [0.2, 0.25) is 0 Å². The molecule has 1 fully saturated rings. The van der Waals surface area contributed by atoms with Gasteiger partial charge in [0.1, 0.15) is 0 Å². The van der Waals surface area contributed by atoms with Crippen molar-refractivity contribution in [3.63, 3.8) is 0 Å². The van der Waals surface area contributed by atoms with Crippen LogP contribution in [0.25, 0.3) is 0 Å². The van der Waals surface area contributed by atoms with Crippen LogP contribution < -0.4 is 5.73 Å². The molecule has 0 spiro atoms. The zero-order chi connectivity index (χ0) is 8.10. The van der Waals surface area contributed by atoms with Gasteiger partial charge in [0, 0.05) is 6.04 Å². The van der Waals surface area contributed by atoms with Gasteiger partial charge >= 0.3 is 0 Å². The molecule has 1 aliphatic carbocycles. The van der Waals surface area contributed by atoms with E-state index in [0.29, 0.717) is 6.04 Å². The predicted molar refractivity (Wildman–Crippen MR) is 49.5 cm³/mol. The molecule has 0 unspecified atom stereocenters. The topological polar surface area (TPSA) is 26.0 Å². The van der Waals surface area contributed by atoms with E-state index in [0.717, 1.165) is 12.3 Å². The first-order valence-corrected chi connectivity index (χ1v) is 5.08. The molecule has 0 saturated heterocycles. The van der Waals surface area contributed by atoms with E-state index in [1.807, 2.05) is 0 Å². The Morgan fingerprint density at radius 1 is 1.27 bits per heavy atom. The van der Waals surface area contributed by atoms with Crippen molar-refractivity contribution in [1.29, 1.82) is 0 Å². The lowest BCUT2D eigenvalue weighted by Gasteiger charge is -2.23. The third-order valence-corrected chi connectivity index (χ3v) is 2.89. The number of nitrogens with two attached hydrogens (primary N) is 1. The number of hydrogen-bond donors (Lipinski definition) is 1. The van der Waals surface area contributed by atoms with Crippen LogP contribution in [-0.2, 0) is 0 Å². The lowest BCUT2D eigenvalue weighted by Crippen LogP contribution is -2.23. The summed E-state index contributed by atoms with van der Waals surface area (Å²) < 4.78 is 0. The Hall–Kier alpha value is -0.0400. The first kappa shape index (κ1) is 9.05. The van der Waals surface area contributed by atoms with Gasteiger partial charge in [0.25, 0.3) is 0 Å². The van der Waals surface area contributed by atoms with E-state index in [1.165, 1.54) is 38.5 Å². The molecule has 2 N–H and O–H groups in total. The summed E-state index contributed by atoms with van der Waals surface area (Å²) in [5.74, 6) is 0.957. The maximum atomic E-state index is 5.90. The van der Waals surface area contributed by atoms with E-state index in [2.05, 4.69) is 6.92 Å². The van der Waals surface area contributed by atoms with Gasteiger partial charge < -0.3 is 5.73 Å². The quantitative estimate of drug-likeness (QED) is 0.666. The molecule has 0 amide bonds.